The van der Waals surface area contributed by atoms with Gasteiger partial charge in [-0.1, -0.05) is 12.1 Å². The van der Waals surface area contributed by atoms with Crippen LogP contribution in [0, 0.1) is 11.7 Å². The van der Waals surface area contributed by atoms with E-state index in [0.717, 1.165) is 5.56 Å². The molecule has 1 amide bonds. The van der Waals surface area contributed by atoms with Gasteiger partial charge in [0, 0.05) is 26.1 Å². The monoisotopic (exact) mass is 477 g/mol. The van der Waals surface area contributed by atoms with E-state index in [9.17, 15) is 17.6 Å². The third-order valence-corrected chi connectivity index (χ3v) is 7.61. The van der Waals surface area contributed by atoms with Crippen LogP contribution in [-0.4, -0.2) is 41.6 Å². The minimum atomic E-state index is -3.70. The molecule has 3 rings (SSSR count). The molecule has 1 fully saturated rings. The van der Waals surface area contributed by atoms with Crippen molar-refractivity contribution >= 4 is 21.6 Å². The van der Waals surface area contributed by atoms with Gasteiger partial charge in [0.25, 0.3) is 0 Å². The molecule has 0 saturated heterocycles. The number of hydrogen-bond acceptors (Lipinski definition) is 5. The molecule has 0 aromatic heterocycles. The van der Waals surface area contributed by atoms with Crippen molar-refractivity contribution in [2.24, 2.45) is 5.92 Å². The zero-order chi connectivity index (χ0) is 24.2. The number of nitrogens with one attached hydrogen (secondary N) is 2. The van der Waals surface area contributed by atoms with Crippen LogP contribution in [0.15, 0.2) is 47.4 Å². The van der Waals surface area contributed by atoms with Gasteiger partial charge in [-0.15, -0.1) is 0 Å². The fraction of sp³-hybridized carbons (Fsp3) is 0.458. The van der Waals surface area contributed by atoms with E-state index in [1.807, 2.05) is 21.0 Å². The van der Waals surface area contributed by atoms with Crippen molar-refractivity contribution in [2.75, 3.05) is 26.1 Å². The highest BCUT2D eigenvalue weighted by Crippen LogP contribution is 2.31. The molecular weight excluding hydrogens is 445 g/mol. The van der Waals surface area contributed by atoms with Gasteiger partial charge >= 0.3 is 0 Å². The lowest BCUT2D eigenvalue weighted by Crippen LogP contribution is -2.41. The largest absolute Gasteiger partial charge is 0.495 e. The Balaban J connectivity index is 1.56. The van der Waals surface area contributed by atoms with Gasteiger partial charge < -0.3 is 15.0 Å². The van der Waals surface area contributed by atoms with Gasteiger partial charge in [0.2, 0.25) is 15.9 Å². The van der Waals surface area contributed by atoms with Crippen LogP contribution in [-0.2, 0) is 14.8 Å². The number of halogens is 1. The highest BCUT2D eigenvalue weighted by Gasteiger charge is 2.30. The zero-order valence-electron chi connectivity index (χ0n) is 19.5. The van der Waals surface area contributed by atoms with Gasteiger partial charge in [0.15, 0.2) is 0 Å². The first kappa shape index (κ1) is 25.0. The Labute approximate surface area is 195 Å². The fourth-order valence-corrected chi connectivity index (χ4v) is 5.44. The molecule has 1 aliphatic carbocycles. The minimum Gasteiger partial charge on any atom is -0.495 e. The maximum Gasteiger partial charge on any atom is 0.240 e. The summed E-state index contributed by atoms with van der Waals surface area (Å²) in [5.41, 5.74) is 1.51. The SMILES string of the molecule is COc1ccc(S(=O)(=O)NC2CCC(C(=O)N[C@H](C)c3ccc(F)cc3)CC2)cc1N(C)C. The number of sulfonamides is 1. The summed E-state index contributed by atoms with van der Waals surface area (Å²) in [6.07, 6.45) is 2.36. The average molecular weight is 478 g/mol. The van der Waals surface area contributed by atoms with Crippen molar-refractivity contribution in [1.29, 1.82) is 0 Å². The number of anilines is 1. The van der Waals surface area contributed by atoms with Gasteiger partial charge in [-0.05, 0) is 68.5 Å². The summed E-state index contributed by atoms with van der Waals surface area (Å²) in [5.74, 6) is 0.0554. The summed E-state index contributed by atoms with van der Waals surface area (Å²) < 4.78 is 47.1. The number of carbonyl (C=O) groups excluding carboxylic acids is 1. The number of carbonyl (C=O) groups is 1. The highest BCUT2D eigenvalue weighted by atomic mass is 32.2. The second-order valence-electron chi connectivity index (χ2n) is 8.68. The standard InChI is InChI=1S/C24H32FN3O4S/c1-16(17-5-9-19(25)10-6-17)26-24(29)18-7-11-20(12-8-18)27-33(30,31)21-13-14-23(32-4)22(15-21)28(2)3/h5-6,9-10,13-16,18,20,27H,7-8,11-12H2,1-4H3,(H,26,29)/t16-,18?,20?/m1/s1. The molecule has 33 heavy (non-hydrogen) atoms. The summed E-state index contributed by atoms with van der Waals surface area (Å²) in [6.45, 7) is 1.86. The van der Waals surface area contributed by atoms with E-state index in [4.69, 9.17) is 4.74 Å². The molecule has 9 heteroatoms. The summed E-state index contributed by atoms with van der Waals surface area (Å²) in [5, 5.41) is 2.99. The van der Waals surface area contributed by atoms with Gasteiger partial charge in [0.05, 0.1) is 23.7 Å². The first-order valence-corrected chi connectivity index (χ1v) is 12.5. The number of hydrogen-bond donors (Lipinski definition) is 2. The number of amides is 1. The van der Waals surface area contributed by atoms with Crippen molar-refractivity contribution in [2.45, 2.75) is 49.6 Å². The second-order valence-corrected chi connectivity index (χ2v) is 10.4. The number of nitrogens with zero attached hydrogens (tertiary/aromatic N) is 1. The molecule has 0 heterocycles. The molecule has 0 radical (unpaired) electrons. The lowest BCUT2D eigenvalue weighted by Gasteiger charge is -2.29. The Morgan fingerprint density at radius 1 is 1.09 bits per heavy atom. The Morgan fingerprint density at radius 3 is 2.30 bits per heavy atom. The second kappa shape index (κ2) is 10.5. The van der Waals surface area contributed by atoms with Crippen LogP contribution in [0.3, 0.4) is 0 Å². The molecule has 0 bridgehead atoms. The van der Waals surface area contributed by atoms with E-state index in [2.05, 4.69) is 10.0 Å². The molecule has 180 valence electrons. The van der Waals surface area contributed by atoms with E-state index >= 15 is 0 Å². The third kappa shape index (κ3) is 6.23. The average Bonchev–Trinajstić information content (AvgIpc) is 2.79. The van der Waals surface area contributed by atoms with E-state index in [1.54, 1.807) is 36.3 Å². The smallest absolute Gasteiger partial charge is 0.240 e. The van der Waals surface area contributed by atoms with Gasteiger partial charge in [-0.25, -0.2) is 17.5 Å². The number of benzene rings is 2. The number of methoxy groups -OCH3 is 1. The fourth-order valence-electron chi connectivity index (χ4n) is 4.11. The molecule has 2 aromatic rings. The zero-order valence-corrected chi connectivity index (χ0v) is 20.3. The van der Waals surface area contributed by atoms with E-state index in [0.29, 0.717) is 37.1 Å². The predicted molar refractivity (Wildman–Crippen MR) is 126 cm³/mol. The molecule has 1 saturated carbocycles. The highest BCUT2D eigenvalue weighted by molar-refractivity contribution is 7.89. The Hall–Kier alpha value is -2.65. The van der Waals surface area contributed by atoms with Crippen LogP contribution in [0.1, 0.15) is 44.2 Å². The van der Waals surface area contributed by atoms with Crippen LogP contribution in [0.5, 0.6) is 5.75 Å². The third-order valence-electron chi connectivity index (χ3n) is 6.09. The summed E-state index contributed by atoms with van der Waals surface area (Å²) in [6, 6.07) is 10.4. The Bertz CT molecular complexity index is 1070. The lowest BCUT2D eigenvalue weighted by atomic mass is 9.85. The van der Waals surface area contributed by atoms with E-state index in [1.165, 1.54) is 18.2 Å². The molecular formula is C24H32FN3O4S. The Morgan fingerprint density at radius 2 is 1.73 bits per heavy atom. The molecule has 1 atom stereocenters. The summed E-state index contributed by atoms with van der Waals surface area (Å²) in [4.78, 5) is 14.7. The summed E-state index contributed by atoms with van der Waals surface area (Å²) in [7, 11) is 1.49. The lowest BCUT2D eigenvalue weighted by molar-refractivity contribution is -0.126. The van der Waals surface area contributed by atoms with Crippen LogP contribution >= 0.6 is 0 Å². The molecule has 0 aliphatic heterocycles. The Kier molecular flexibility index (Phi) is 7.97. The molecule has 7 nitrogen and oxygen atoms in total. The van der Waals surface area contributed by atoms with Crippen molar-refractivity contribution in [3.8, 4) is 5.75 Å². The quantitative estimate of drug-likeness (QED) is 0.607. The molecule has 1 aliphatic rings. The topological polar surface area (TPSA) is 87.7 Å². The van der Waals surface area contributed by atoms with Crippen LogP contribution in [0.4, 0.5) is 10.1 Å². The van der Waals surface area contributed by atoms with E-state index < -0.39 is 10.0 Å². The first-order valence-electron chi connectivity index (χ1n) is 11.0. The first-order chi connectivity index (χ1) is 15.6. The molecule has 0 spiro atoms. The van der Waals surface area contributed by atoms with Gasteiger partial charge in [-0.3, -0.25) is 4.79 Å². The van der Waals surface area contributed by atoms with Crippen molar-refractivity contribution in [3.63, 3.8) is 0 Å². The van der Waals surface area contributed by atoms with Gasteiger partial charge in [0.1, 0.15) is 11.6 Å². The maximum absolute atomic E-state index is 13.1. The van der Waals surface area contributed by atoms with Crippen molar-refractivity contribution < 1.29 is 22.3 Å². The normalized spacial score (nSPS) is 19.5. The molecule has 0 unspecified atom stereocenters. The minimum absolute atomic E-state index is 0.0566. The summed E-state index contributed by atoms with van der Waals surface area (Å²) >= 11 is 0. The van der Waals surface area contributed by atoms with Crippen LogP contribution in [0.2, 0.25) is 0 Å². The number of rotatable bonds is 8. The van der Waals surface area contributed by atoms with E-state index in [-0.39, 0.29) is 34.6 Å². The predicted octanol–water partition coefficient (Wildman–Crippen LogP) is 3.61. The van der Waals surface area contributed by atoms with Crippen LogP contribution < -0.4 is 19.7 Å². The molecule has 2 N–H and O–H groups in total. The van der Waals surface area contributed by atoms with Crippen molar-refractivity contribution in [3.05, 3.63) is 53.8 Å². The maximum atomic E-state index is 13.1. The van der Waals surface area contributed by atoms with Crippen molar-refractivity contribution in [1.82, 2.24) is 10.0 Å². The molecule has 2 aromatic carbocycles. The number of ether oxygens (including phenoxy) is 1. The van der Waals surface area contributed by atoms with Crippen LogP contribution in [0.25, 0.3) is 0 Å². The van der Waals surface area contributed by atoms with Gasteiger partial charge in [-0.2, -0.15) is 0 Å².